The molecule has 0 aromatic heterocycles. The van der Waals surface area contributed by atoms with Gasteiger partial charge >= 0.3 is 0 Å². The summed E-state index contributed by atoms with van der Waals surface area (Å²) in [5, 5.41) is 9.28. The van der Waals surface area contributed by atoms with Gasteiger partial charge in [0.05, 0.1) is 0 Å². The van der Waals surface area contributed by atoms with Crippen LogP contribution in [-0.2, 0) is 0 Å². The van der Waals surface area contributed by atoms with E-state index in [9.17, 15) is 5.11 Å². The summed E-state index contributed by atoms with van der Waals surface area (Å²) in [4.78, 5) is 2.39. The van der Waals surface area contributed by atoms with Crippen molar-refractivity contribution in [2.45, 2.75) is 25.8 Å². The van der Waals surface area contributed by atoms with Gasteiger partial charge in [0.25, 0.3) is 0 Å². The summed E-state index contributed by atoms with van der Waals surface area (Å²) >= 11 is 3.50. The van der Waals surface area contributed by atoms with E-state index in [4.69, 9.17) is 0 Å². The maximum absolute atomic E-state index is 9.28. The molecule has 0 bridgehead atoms. The molecule has 1 aliphatic rings. The molecular weight excluding hydrogens is 266 g/mol. The molecule has 1 heterocycles. The molecule has 1 unspecified atom stereocenters. The van der Waals surface area contributed by atoms with E-state index in [2.05, 4.69) is 52.9 Å². The molecule has 16 heavy (non-hydrogen) atoms. The van der Waals surface area contributed by atoms with Crippen molar-refractivity contribution < 1.29 is 5.11 Å². The van der Waals surface area contributed by atoms with Crippen LogP contribution in [0.4, 0.5) is 5.69 Å². The topological polar surface area (TPSA) is 23.5 Å². The van der Waals surface area contributed by atoms with Gasteiger partial charge in [-0.05, 0) is 38.5 Å². The normalized spacial score (nSPS) is 23.8. The number of hydrogen-bond donors (Lipinski definition) is 1. The van der Waals surface area contributed by atoms with E-state index >= 15 is 0 Å². The maximum atomic E-state index is 9.28. The SMILES string of the molecule is CC1(C)CC(CO)CN1c1cccc(Br)c1. The Morgan fingerprint density at radius 3 is 2.81 bits per heavy atom. The average Bonchev–Trinajstić information content (AvgIpc) is 2.53. The fourth-order valence-electron chi connectivity index (χ4n) is 2.61. The van der Waals surface area contributed by atoms with Gasteiger partial charge in [-0.25, -0.2) is 0 Å². The van der Waals surface area contributed by atoms with Crippen molar-refractivity contribution in [1.82, 2.24) is 0 Å². The number of benzene rings is 1. The third-order valence-electron chi connectivity index (χ3n) is 3.34. The Hall–Kier alpha value is -0.540. The van der Waals surface area contributed by atoms with E-state index in [-0.39, 0.29) is 12.1 Å². The Bertz CT molecular complexity index is 378. The van der Waals surface area contributed by atoms with Crippen LogP contribution in [0.1, 0.15) is 20.3 Å². The Balaban J connectivity index is 2.27. The fraction of sp³-hybridized carbons (Fsp3) is 0.538. The molecule has 1 atom stereocenters. The van der Waals surface area contributed by atoms with Crippen molar-refractivity contribution in [3.05, 3.63) is 28.7 Å². The van der Waals surface area contributed by atoms with E-state index in [1.807, 2.05) is 6.07 Å². The number of aliphatic hydroxyl groups excluding tert-OH is 1. The molecule has 0 saturated carbocycles. The van der Waals surface area contributed by atoms with E-state index in [0.29, 0.717) is 5.92 Å². The first kappa shape index (κ1) is 11.9. The number of aliphatic hydroxyl groups is 1. The lowest BCUT2D eigenvalue weighted by atomic mass is 9.97. The van der Waals surface area contributed by atoms with Gasteiger partial charge in [0.15, 0.2) is 0 Å². The van der Waals surface area contributed by atoms with Gasteiger partial charge in [0.1, 0.15) is 0 Å². The molecule has 0 aliphatic carbocycles. The molecule has 0 spiro atoms. The minimum Gasteiger partial charge on any atom is -0.396 e. The van der Waals surface area contributed by atoms with E-state index < -0.39 is 0 Å². The number of nitrogens with zero attached hydrogens (tertiary/aromatic N) is 1. The molecule has 2 rings (SSSR count). The molecule has 2 nitrogen and oxygen atoms in total. The van der Waals surface area contributed by atoms with E-state index in [1.165, 1.54) is 5.69 Å². The first-order valence-corrected chi connectivity index (χ1v) is 6.46. The van der Waals surface area contributed by atoms with Gasteiger partial charge in [-0.1, -0.05) is 22.0 Å². The van der Waals surface area contributed by atoms with Crippen LogP contribution in [0.25, 0.3) is 0 Å². The van der Waals surface area contributed by atoms with Crippen LogP contribution in [0.15, 0.2) is 28.7 Å². The van der Waals surface area contributed by atoms with Crippen molar-refractivity contribution in [2.75, 3.05) is 18.1 Å². The monoisotopic (exact) mass is 283 g/mol. The third kappa shape index (κ3) is 2.25. The summed E-state index contributed by atoms with van der Waals surface area (Å²) in [6.45, 7) is 5.71. The lowest BCUT2D eigenvalue weighted by Crippen LogP contribution is -2.38. The Labute approximate surface area is 105 Å². The number of halogens is 1. The first-order chi connectivity index (χ1) is 7.53. The molecule has 1 N–H and O–H groups in total. The number of rotatable bonds is 2. The van der Waals surface area contributed by atoms with Crippen LogP contribution >= 0.6 is 15.9 Å². The molecular formula is C13H18BrNO. The predicted octanol–water partition coefficient (Wildman–Crippen LogP) is 3.05. The van der Waals surface area contributed by atoms with Crippen LogP contribution in [0.5, 0.6) is 0 Å². The summed E-state index contributed by atoms with van der Waals surface area (Å²) in [7, 11) is 0. The zero-order valence-electron chi connectivity index (χ0n) is 9.78. The summed E-state index contributed by atoms with van der Waals surface area (Å²) in [5.41, 5.74) is 1.36. The van der Waals surface area contributed by atoms with E-state index in [1.54, 1.807) is 0 Å². The Kier molecular flexibility index (Phi) is 3.27. The molecule has 0 radical (unpaired) electrons. The lowest BCUT2D eigenvalue weighted by molar-refractivity contribution is 0.232. The standard InChI is InChI=1S/C13H18BrNO/c1-13(2)7-10(9-16)8-15(13)12-5-3-4-11(14)6-12/h3-6,10,16H,7-9H2,1-2H3. The zero-order chi connectivity index (χ0) is 11.8. The van der Waals surface area contributed by atoms with Crippen LogP contribution in [0.2, 0.25) is 0 Å². The minimum absolute atomic E-state index is 0.133. The van der Waals surface area contributed by atoms with Gasteiger partial charge in [0, 0.05) is 34.8 Å². The third-order valence-corrected chi connectivity index (χ3v) is 3.83. The van der Waals surface area contributed by atoms with E-state index in [0.717, 1.165) is 17.4 Å². The van der Waals surface area contributed by atoms with Gasteiger partial charge < -0.3 is 10.0 Å². The molecule has 1 aromatic rings. The summed E-state index contributed by atoms with van der Waals surface area (Å²) in [5.74, 6) is 0.397. The molecule has 1 aliphatic heterocycles. The quantitative estimate of drug-likeness (QED) is 0.902. The number of hydrogen-bond acceptors (Lipinski definition) is 2. The highest BCUT2D eigenvalue weighted by Gasteiger charge is 2.37. The van der Waals surface area contributed by atoms with Gasteiger partial charge in [-0.3, -0.25) is 0 Å². The fourth-order valence-corrected chi connectivity index (χ4v) is 2.99. The average molecular weight is 284 g/mol. The molecule has 1 fully saturated rings. The molecule has 1 aromatic carbocycles. The van der Waals surface area contributed by atoms with Gasteiger partial charge in [-0.15, -0.1) is 0 Å². The van der Waals surface area contributed by atoms with Crippen molar-refractivity contribution in [3.63, 3.8) is 0 Å². The summed E-state index contributed by atoms with van der Waals surface area (Å²) < 4.78 is 1.10. The molecule has 1 saturated heterocycles. The van der Waals surface area contributed by atoms with Crippen LogP contribution < -0.4 is 4.90 Å². The zero-order valence-corrected chi connectivity index (χ0v) is 11.4. The number of anilines is 1. The van der Waals surface area contributed by atoms with Crippen molar-refractivity contribution in [3.8, 4) is 0 Å². The second-order valence-electron chi connectivity index (χ2n) is 5.16. The molecule has 3 heteroatoms. The highest BCUT2D eigenvalue weighted by molar-refractivity contribution is 9.10. The highest BCUT2D eigenvalue weighted by atomic mass is 79.9. The van der Waals surface area contributed by atoms with Crippen molar-refractivity contribution in [2.24, 2.45) is 5.92 Å². The van der Waals surface area contributed by atoms with Crippen LogP contribution in [0, 0.1) is 5.92 Å². The summed E-state index contributed by atoms with van der Waals surface area (Å²) in [6, 6.07) is 8.37. The van der Waals surface area contributed by atoms with Crippen LogP contribution in [0.3, 0.4) is 0 Å². The van der Waals surface area contributed by atoms with Crippen molar-refractivity contribution >= 4 is 21.6 Å². The first-order valence-electron chi connectivity index (χ1n) is 5.67. The molecule has 0 amide bonds. The second-order valence-corrected chi connectivity index (χ2v) is 6.07. The second kappa shape index (κ2) is 4.38. The Morgan fingerprint density at radius 1 is 1.50 bits per heavy atom. The van der Waals surface area contributed by atoms with Gasteiger partial charge in [-0.2, -0.15) is 0 Å². The largest absolute Gasteiger partial charge is 0.396 e. The Morgan fingerprint density at radius 2 is 2.25 bits per heavy atom. The maximum Gasteiger partial charge on any atom is 0.0477 e. The molecule has 88 valence electrons. The lowest BCUT2D eigenvalue weighted by Gasteiger charge is -2.33. The highest BCUT2D eigenvalue weighted by Crippen LogP contribution is 2.37. The smallest absolute Gasteiger partial charge is 0.0477 e. The van der Waals surface area contributed by atoms with Gasteiger partial charge in [0.2, 0.25) is 0 Å². The van der Waals surface area contributed by atoms with Crippen LogP contribution in [-0.4, -0.2) is 23.8 Å². The summed E-state index contributed by atoms with van der Waals surface area (Å²) in [6.07, 6.45) is 1.05. The minimum atomic E-state index is 0.133. The predicted molar refractivity (Wildman–Crippen MR) is 70.8 cm³/mol. The van der Waals surface area contributed by atoms with Crippen molar-refractivity contribution in [1.29, 1.82) is 0 Å².